The number of rotatable bonds is 8. The molecule has 1 aliphatic carbocycles. The Bertz CT molecular complexity index is 925. The summed E-state index contributed by atoms with van der Waals surface area (Å²) in [6.07, 6.45) is 2.13. The minimum Gasteiger partial charge on any atom is -0.452 e. The van der Waals surface area contributed by atoms with E-state index in [9.17, 15) is 22.8 Å². The van der Waals surface area contributed by atoms with Crippen molar-refractivity contribution in [2.45, 2.75) is 57.8 Å². The molecule has 0 spiro atoms. The fourth-order valence-corrected chi connectivity index (χ4v) is 5.30. The molecule has 2 aliphatic rings. The molecule has 1 aromatic carbocycles. The Morgan fingerprint density at radius 1 is 1.10 bits per heavy atom. The highest BCUT2D eigenvalue weighted by atomic mass is 32.2. The first-order valence-corrected chi connectivity index (χ1v) is 12.3. The number of sulfone groups is 1. The average molecular weight is 452 g/mol. The van der Waals surface area contributed by atoms with Crippen molar-refractivity contribution < 1.29 is 27.5 Å². The summed E-state index contributed by atoms with van der Waals surface area (Å²) in [6, 6.07) is 6.04. The molecule has 1 aromatic rings. The molecule has 170 valence electrons. The van der Waals surface area contributed by atoms with Crippen LogP contribution in [0.15, 0.2) is 24.3 Å². The summed E-state index contributed by atoms with van der Waals surface area (Å²) in [5.41, 5.74) is 1.11. The molecule has 1 atom stereocenters. The van der Waals surface area contributed by atoms with E-state index in [1.807, 2.05) is 13.8 Å². The van der Waals surface area contributed by atoms with Gasteiger partial charge in [0.15, 0.2) is 16.4 Å². The van der Waals surface area contributed by atoms with E-state index >= 15 is 0 Å². The van der Waals surface area contributed by atoms with Gasteiger partial charge in [-0.3, -0.25) is 4.79 Å². The number of ether oxygens (including phenoxy) is 1. The van der Waals surface area contributed by atoms with Gasteiger partial charge in [0.25, 0.3) is 5.91 Å². The number of urea groups is 1. The van der Waals surface area contributed by atoms with Crippen LogP contribution in [0.5, 0.6) is 0 Å². The first-order valence-electron chi connectivity index (χ1n) is 10.5. The maximum Gasteiger partial charge on any atom is 0.338 e. The van der Waals surface area contributed by atoms with Crippen LogP contribution >= 0.6 is 0 Å². The Hall–Kier alpha value is -2.62. The maximum atomic E-state index is 12.6. The Labute approximate surface area is 182 Å². The molecule has 31 heavy (non-hydrogen) atoms. The van der Waals surface area contributed by atoms with Gasteiger partial charge in [-0.1, -0.05) is 12.1 Å². The van der Waals surface area contributed by atoms with Crippen molar-refractivity contribution in [1.82, 2.24) is 15.5 Å². The van der Waals surface area contributed by atoms with Crippen molar-refractivity contribution in [3.63, 3.8) is 0 Å². The SMILES string of the molecule is CC(C)NC(=O)NCc1ccc(C(=O)OCC(=O)N(C2CC2)[C@@H]2CCS(=O)(=O)C2)cc1. The summed E-state index contributed by atoms with van der Waals surface area (Å²) in [7, 11) is -3.11. The molecule has 1 heterocycles. The highest BCUT2D eigenvalue weighted by molar-refractivity contribution is 7.91. The predicted molar refractivity (Wildman–Crippen MR) is 114 cm³/mol. The third-order valence-electron chi connectivity index (χ3n) is 5.22. The quantitative estimate of drug-likeness (QED) is 0.574. The van der Waals surface area contributed by atoms with E-state index in [2.05, 4.69) is 10.6 Å². The van der Waals surface area contributed by atoms with Gasteiger partial charge >= 0.3 is 12.0 Å². The van der Waals surface area contributed by atoms with Gasteiger partial charge in [0.1, 0.15) is 0 Å². The smallest absolute Gasteiger partial charge is 0.338 e. The van der Waals surface area contributed by atoms with Crippen molar-refractivity contribution in [2.75, 3.05) is 18.1 Å². The maximum absolute atomic E-state index is 12.6. The lowest BCUT2D eigenvalue weighted by molar-refractivity contribution is -0.137. The Morgan fingerprint density at radius 3 is 2.32 bits per heavy atom. The summed E-state index contributed by atoms with van der Waals surface area (Å²) in [6.45, 7) is 3.63. The van der Waals surface area contributed by atoms with E-state index in [-0.39, 0.29) is 41.6 Å². The first kappa shape index (κ1) is 23.1. The van der Waals surface area contributed by atoms with Crippen LogP contribution in [-0.2, 0) is 25.9 Å². The molecule has 10 heteroatoms. The number of benzene rings is 1. The van der Waals surface area contributed by atoms with E-state index in [4.69, 9.17) is 4.74 Å². The van der Waals surface area contributed by atoms with Gasteiger partial charge in [0.2, 0.25) is 0 Å². The molecule has 0 radical (unpaired) electrons. The summed E-state index contributed by atoms with van der Waals surface area (Å²) >= 11 is 0. The summed E-state index contributed by atoms with van der Waals surface area (Å²) in [5.74, 6) is -0.905. The van der Waals surface area contributed by atoms with Gasteiger partial charge in [-0.2, -0.15) is 0 Å². The van der Waals surface area contributed by atoms with Crippen molar-refractivity contribution in [2.24, 2.45) is 0 Å². The van der Waals surface area contributed by atoms with Gasteiger partial charge in [-0.05, 0) is 50.8 Å². The molecule has 1 aliphatic heterocycles. The van der Waals surface area contributed by atoms with Gasteiger partial charge in [-0.25, -0.2) is 18.0 Å². The fraction of sp³-hybridized carbons (Fsp3) is 0.571. The van der Waals surface area contributed by atoms with Crippen LogP contribution in [-0.4, -0.2) is 67.5 Å². The summed E-state index contributed by atoms with van der Waals surface area (Å²) in [4.78, 5) is 38.2. The Balaban J connectivity index is 1.49. The molecular weight excluding hydrogens is 422 g/mol. The van der Waals surface area contributed by atoms with Crippen LogP contribution in [0.1, 0.15) is 49.0 Å². The van der Waals surface area contributed by atoms with E-state index in [1.54, 1.807) is 29.2 Å². The predicted octanol–water partition coefficient (Wildman–Crippen LogP) is 1.23. The van der Waals surface area contributed by atoms with Crippen LogP contribution in [0.4, 0.5) is 4.79 Å². The van der Waals surface area contributed by atoms with Crippen molar-refractivity contribution in [3.8, 4) is 0 Å². The molecule has 9 nitrogen and oxygen atoms in total. The lowest BCUT2D eigenvalue weighted by atomic mass is 10.1. The van der Waals surface area contributed by atoms with Gasteiger partial charge in [0, 0.05) is 24.7 Å². The van der Waals surface area contributed by atoms with Crippen LogP contribution in [0.3, 0.4) is 0 Å². The first-order chi connectivity index (χ1) is 14.6. The van der Waals surface area contributed by atoms with Crippen LogP contribution in [0.25, 0.3) is 0 Å². The Kier molecular flexibility index (Phi) is 7.19. The average Bonchev–Trinajstić information content (AvgIpc) is 3.47. The largest absolute Gasteiger partial charge is 0.452 e. The second kappa shape index (κ2) is 9.67. The number of nitrogens with one attached hydrogen (secondary N) is 2. The third kappa shape index (κ3) is 6.68. The molecule has 3 amide bonds. The lowest BCUT2D eigenvalue weighted by Crippen LogP contribution is -2.44. The highest BCUT2D eigenvalue weighted by Crippen LogP contribution is 2.32. The zero-order valence-electron chi connectivity index (χ0n) is 17.8. The number of carbonyl (C=O) groups is 3. The van der Waals surface area contributed by atoms with Gasteiger partial charge < -0.3 is 20.3 Å². The monoisotopic (exact) mass is 451 g/mol. The molecular formula is C21H29N3O6S. The number of nitrogens with zero attached hydrogens (tertiary/aromatic N) is 1. The normalized spacial score (nSPS) is 19.6. The van der Waals surface area contributed by atoms with Crippen LogP contribution in [0, 0.1) is 0 Å². The second-order valence-electron chi connectivity index (χ2n) is 8.34. The van der Waals surface area contributed by atoms with Crippen LogP contribution < -0.4 is 10.6 Å². The molecule has 3 rings (SSSR count). The second-order valence-corrected chi connectivity index (χ2v) is 10.6. The minimum absolute atomic E-state index is 0.0200. The summed E-state index contributed by atoms with van der Waals surface area (Å²) in [5, 5.41) is 5.44. The lowest BCUT2D eigenvalue weighted by Gasteiger charge is -2.28. The van der Waals surface area contributed by atoms with Crippen molar-refractivity contribution >= 4 is 27.7 Å². The van der Waals surface area contributed by atoms with Gasteiger partial charge in [0.05, 0.1) is 17.1 Å². The molecule has 2 fully saturated rings. The van der Waals surface area contributed by atoms with E-state index in [0.29, 0.717) is 18.5 Å². The zero-order chi connectivity index (χ0) is 22.6. The molecule has 1 saturated heterocycles. The highest BCUT2D eigenvalue weighted by Gasteiger charge is 2.42. The minimum atomic E-state index is -3.11. The molecule has 0 unspecified atom stereocenters. The summed E-state index contributed by atoms with van der Waals surface area (Å²) < 4.78 is 28.7. The number of hydrogen-bond acceptors (Lipinski definition) is 6. The third-order valence-corrected chi connectivity index (χ3v) is 6.97. The standard InChI is InChI=1S/C21H29N3O6S/c1-14(2)23-21(27)22-11-15-3-5-16(6-4-15)20(26)30-12-19(25)24(17-7-8-17)18-9-10-31(28,29)13-18/h3-6,14,17-18H,7-13H2,1-2H3,(H2,22,23,27)/t18-/m1/s1. The molecule has 0 aromatic heterocycles. The molecule has 2 N–H and O–H groups in total. The number of esters is 1. The number of hydrogen-bond donors (Lipinski definition) is 2. The van der Waals surface area contributed by atoms with Crippen LogP contribution in [0.2, 0.25) is 0 Å². The van der Waals surface area contributed by atoms with Gasteiger partial charge in [-0.15, -0.1) is 0 Å². The van der Waals surface area contributed by atoms with E-state index < -0.39 is 22.4 Å². The van der Waals surface area contributed by atoms with Crippen molar-refractivity contribution in [3.05, 3.63) is 35.4 Å². The fourth-order valence-electron chi connectivity index (χ4n) is 3.59. The number of carbonyl (C=O) groups excluding carboxylic acids is 3. The van der Waals surface area contributed by atoms with Crippen molar-refractivity contribution in [1.29, 1.82) is 0 Å². The number of amides is 3. The van der Waals surface area contributed by atoms with E-state index in [0.717, 1.165) is 18.4 Å². The molecule has 0 bridgehead atoms. The topological polar surface area (TPSA) is 122 Å². The molecule has 1 saturated carbocycles. The Morgan fingerprint density at radius 2 is 1.77 bits per heavy atom. The zero-order valence-corrected chi connectivity index (χ0v) is 18.6. The van der Waals surface area contributed by atoms with E-state index in [1.165, 1.54) is 0 Å².